The molecule has 2 heterocycles. The highest BCUT2D eigenvalue weighted by atomic mass is 127. The van der Waals surface area contributed by atoms with Crippen LogP contribution in [0.2, 0.25) is 0 Å². The Kier molecular flexibility index (Phi) is 4.39. The van der Waals surface area contributed by atoms with E-state index in [4.69, 9.17) is 9.82 Å². The van der Waals surface area contributed by atoms with Gasteiger partial charge in [-0.1, -0.05) is 6.92 Å². The highest BCUT2D eigenvalue weighted by molar-refractivity contribution is 14.1. The molecule has 6 heteroatoms. The van der Waals surface area contributed by atoms with Gasteiger partial charge in [0.05, 0.1) is 16.4 Å². The first kappa shape index (κ1) is 16.7. The average Bonchev–Trinajstić information content (AvgIpc) is 3.00. The van der Waals surface area contributed by atoms with E-state index in [9.17, 15) is 4.79 Å². The molecule has 3 rings (SSSR count). The maximum Gasteiger partial charge on any atom is 0.330 e. The lowest BCUT2D eigenvalue weighted by Gasteiger charge is -2.25. The second-order valence-electron chi connectivity index (χ2n) is 7.37. The number of hydrogen-bond donors (Lipinski definition) is 1. The molecule has 23 heavy (non-hydrogen) atoms. The van der Waals surface area contributed by atoms with E-state index >= 15 is 0 Å². The summed E-state index contributed by atoms with van der Waals surface area (Å²) in [4.78, 5) is 26.0. The first-order valence-corrected chi connectivity index (χ1v) is 8.96. The van der Waals surface area contributed by atoms with Crippen molar-refractivity contribution in [2.75, 3.05) is 6.54 Å². The molecule has 0 aliphatic carbocycles. The lowest BCUT2D eigenvalue weighted by atomic mass is 9.98. The van der Waals surface area contributed by atoms with E-state index < -0.39 is 5.41 Å². The normalized spacial score (nSPS) is 22.7. The summed E-state index contributed by atoms with van der Waals surface area (Å²) in [7, 11) is 0. The Hall–Kier alpha value is -1.15. The van der Waals surface area contributed by atoms with Crippen LogP contribution in [0.4, 0.5) is 0 Å². The molecule has 0 saturated carbocycles. The van der Waals surface area contributed by atoms with Crippen LogP contribution in [-0.2, 0) is 9.63 Å². The smallest absolute Gasteiger partial charge is 0.330 e. The molecule has 1 aromatic heterocycles. The van der Waals surface area contributed by atoms with Crippen molar-refractivity contribution in [2.45, 2.75) is 40.2 Å². The largest absolute Gasteiger partial charge is 0.367 e. The van der Waals surface area contributed by atoms with Crippen LogP contribution in [0.25, 0.3) is 11.0 Å². The number of imidazole rings is 1. The van der Waals surface area contributed by atoms with Crippen LogP contribution in [0.1, 0.15) is 46.0 Å². The number of aromatic nitrogens is 2. The minimum absolute atomic E-state index is 0.0126. The van der Waals surface area contributed by atoms with Gasteiger partial charge in [0, 0.05) is 10.1 Å². The van der Waals surface area contributed by atoms with Gasteiger partial charge in [-0.2, -0.15) is 0 Å². The number of rotatable bonds is 2. The van der Waals surface area contributed by atoms with Crippen molar-refractivity contribution in [1.29, 1.82) is 0 Å². The number of fused-ring (bicyclic) bond motifs is 1. The summed E-state index contributed by atoms with van der Waals surface area (Å²) in [5.41, 5.74) is 1.45. The van der Waals surface area contributed by atoms with Crippen LogP contribution in [0, 0.1) is 14.9 Å². The second kappa shape index (κ2) is 6.05. The zero-order valence-electron chi connectivity index (χ0n) is 13.9. The highest BCUT2D eigenvalue weighted by Crippen LogP contribution is 2.36. The minimum atomic E-state index is -0.514. The molecule has 1 aliphatic heterocycles. The van der Waals surface area contributed by atoms with E-state index in [1.807, 2.05) is 32.9 Å². The number of nitrogens with zero attached hydrogens (tertiary/aromatic N) is 2. The lowest BCUT2D eigenvalue weighted by molar-refractivity contribution is -0.206. The third-order valence-corrected chi connectivity index (χ3v) is 4.73. The second-order valence-corrected chi connectivity index (χ2v) is 8.61. The third-order valence-electron chi connectivity index (χ3n) is 4.06. The monoisotopic (exact) mass is 427 g/mol. The molecule has 2 unspecified atom stereocenters. The van der Waals surface area contributed by atoms with E-state index in [1.165, 1.54) is 3.57 Å². The summed E-state index contributed by atoms with van der Waals surface area (Å²) in [6.45, 7) is 8.51. The van der Waals surface area contributed by atoms with Gasteiger partial charge in [-0.15, -0.1) is 5.06 Å². The van der Waals surface area contributed by atoms with Crippen LogP contribution in [-0.4, -0.2) is 27.5 Å². The van der Waals surface area contributed by atoms with Gasteiger partial charge in [-0.05, 0) is 73.9 Å². The van der Waals surface area contributed by atoms with Gasteiger partial charge in [0.25, 0.3) is 0 Å². The molecule has 1 N–H and O–H groups in total. The molecule has 1 aromatic carbocycles. The fourth-order valence-electron chi connectivity index (χ4n) is 2.76. The molecule has 5 nitrogen and oxygen atoms in total. The molecule has 1 aliphatic rings. The van der Waals surface area contributed by atoms with Gasteiger partial charge in [0.2, 0.25) is 0 Å². The van der Waals surface area contributed by atoms with Crippen molar-refractivity contribution < 1.29 is 9.63 Å². The number of halogens is 1. The number of hydrogen-bond acceptors (Lipinski definition) is 4. The topological polar surface area (TPSA) is 58.2 Å². The summed E-state index contributed by atoms with van der Waals surface area (Å²) < 4.78 is 1.17. The van der Waals surface area contributed by atoms with Gasteiger partial charge >= 0.3 is 5.97 Å². The molecule has 1 saturated heterocycles. The Morgan fingerprint density at radius 1 is 1.43 bits per heavy atom. The maximum absolute atomic E-state index is 12.2. The maximum atomic E-state index is 12.2. The fourth-order valence-corrected chi connectivity index (χ4v) is 3.25. The Balaban J connectivity index is 1.87. The predicted octanol–water partition coefficient (Wildman–Crippen LogP) is 4.05. The van der Waals surface area contributed by atoms with Crippen molar-refractivity contribution in [3.63, 3.8) is 0 Å². The van der Waals surface area contributed by atoms with Crippen molar-refractivity contribution in [3.8, 4) is 0 Å². The molecule has 2 atom stereocenters. The summed E-state index contributed by atoms with van der Waals surface area (Å²) in [5.74, 6) is 1.12. The Morgan fingerprint density at radius 2 is 2.17 bits per heavy atom. The van der Waals surface area contributed by atoms with E-state index in [0.717, 1.165) is 29.8 Å². The van der Waals surface area contributed by atoms with E-state index in [0.29, 0.717) is 5.92 Å². The zero-order valence-corrected chi connectivity index (χ0v) is 16.0. The molecule has 124 valence electrons. The molecule has 1 fully saturated rings. The molecular weight excluding hydrogens is 405 g/mol. The van der Waals surface area contributed by atoms with E-state index in [-0.39, 0.29) is 12.0 Å². The Morgan fingerprint density at radius 3 is 2.87 bits per heavy atom. The van der Waals surface area contributed by atoms with Gasteiger partial charge < -0.3 is 9.82 Å². The molecule has 0 radical (unpaired) electrons. The van der Waals surface area contributed by atoms with E-state index in [2.05, 4.69) is 40.6 Å². The standard InChI is InChI=1S/C17H22IN3O2/c1-10-7-14(21(9-10)23-16(22)17(2,3)4)15-19-12-6-5-11(18)8-13(12)20-15/h5-6,8,10,14H,7,9H2,1-4H3,(H,19,20). The number of carbonyl (C=O) groups excluding carboxylic acids is 1. The number of carbonyl (C=O) groups is 1. The molecule has 0 amide bonds. The summed E-state index contributed by atoms with van der Waals surface area (Å²) >= 11 is 2.29. The van der Waals surface area contributed by atoms with Crippen LogP contribution < -0.4 is 0 Å². The predicted molar refractivity (Wildman–Crippen MR) is 97.6 cm³/mol. The number of H-pyrrole nitrogens is 1. The summed E-state index contributed by atoms with van der Waals surface area (Å²) in [6, 6.07) is 6.13. The number of nitrogens with one attached hydrogen (secondary N) is 1. The van der Waals surface area contributed by atoms with Crippen molar-refractivity contribution in [3.05, 3.63) is 27.6 Å². The first-order chi connectivity index (χ1) is 10.7. The minimum Gasteiger partial charge on any atom is -0.367 e. The zero-order chi connectivity index (χ0) is 16.8. The molecule has 2 aromatic rings. The van der Waals surface area contributed by atoms with Crippen LogP contribution >= 0.6 is 22.6 Å². The lowest BCUT2D eigenvalue weighted by Crippen LogP contribution is -2.33. The van der Waals surface area contributed by atoms with Crippen LogP contribution in [0.15, 0.2) is 18.2 Å². The molecular formula is C17H22IN3O2. The van der Waals surface area contributed by atoms with Crippen molar-refractivity contribution in [2.24, 2.45) is 11.3 Å². The van der Waals surface area contributed by atoms with Gasteiger partial charge in [-0.3, -0.25) is 0 Å². The van der Waals surface area contributed by atoms with Gasteiger partial charge in [0.15, 0.2) is 0 Å². The fraction of sp³-hybridized carbons (Fsp3) is 0.529. The van der Waals surface area contributed by atoms with Gasteiger partial charge in [-0.25, -0.2) is 9.78 Å². The number of aromatic amines is 1. The SMILES string of the molecule is CC1CC(c2nc3ccc(I)cc3[nH]2)N(OC(=O)C(C)(C)C)C1. The quantitative estimate of drug-likeness (QED) is 0.735. The van der Waals surface area contributed by atoms with Crippen LogP contribution in [0.5, 0.6) is 0 Å². The van der Waals surface area contributed by atoms with Gasteiger partial charge in [0.1, 0.15) is 11.9 Å². The van der Waals surface area contributed by atoms with Crippen LogP contribution in [0.3, 0.4) is 0 Å². The van der Waals surface area contributed by atoms with Crippen molar-refractivity contribution >= 4 is 39.6 Å². The number of benzene rings is 1. The Labute approximate surface area is 149 Å². The van der Waals surface area contributed by atoms with Crippen molar-refractivity contribution in [1.82, 2.24) is 15.0 Å². The third kappa shape index (κ3) is 3.52. The summed E-state index contributed by atoms with van der Waals surface area (Å²) in [5, 5.41) is 1.79. The molecule has 0 bridgehead atoms. The average molecular weight is 427 g/mol. The number of hydroxylamine groups is 2. The first-order valence-electron chi connectivity index (χ1n) is 7.88. The summed E-state index contributed by atoms with van der Waals surface area (Å²) in [6.07, 6.45) is 0.925. The Bertz CT molecular complexity index is 735. The highest BCUT2D eigenvalue weighted by Gasteiger charge is 2.37. The van der Waals surface area contributed by atoms with E-state index in [1.54, 1.807) is 5.06 Å². The molecule has 0 spiro atoms.